The van der Waals surface area contributed by atoms with Crippen LogP contribution in [-0.4, -0.2) is 21.9 Å². The maximum absolute atomic E-state index is 12.4. The Kier molecular flexibility index (Phi) is 5.40. The van der Waals surface area contributed by atoms with Crippen LogP contribution in [-0.2, 0) is 0 Å². The minimum absolute atomic E-state index is 0.230. The number of halogens is 1. The van der Waals surface area contributed by atoms with Crippen molar-refractivity contribution in [2.45, 2.75) is 0 Å². The molecule has 0 aliphatic heterocycles. The molecule has 2 amide bonds. The molecule has 4 rings (SSSR count). The Bertz CT molecular complexity index is 1140. The normalized spacial score (nSPS) is 10.9. The van der Waals surface area contributed by atoms with Gasteiger partial charge < -0.3 is 9.73 Å². The number of carbonyl (C=O) groups is 1. The van der Waals surface area contributed by atoms with E-state index in [0.29, 0.717) is 22.2 Å². The lowest BCUT2D eigenvalue weighted by molar-refractivity contribution is 0.262. The minimum atomic E-state index is -0.495. The summed E-state index contributed by atoms with van der Waals surface area (Å²) in [6, 6.07) is 19.6. The van der Waals surface area contributed by atoms with Crippen molar-refractivity contribution in [2.24, 2.45) is 5.10 Å². The van der Waals surface area contributed by atoms with Crippen molar-refractivity contribution >= 4 is 35.5 Å². The van der Waals surface area contributed by atoms with E-state index >= 15 is 0 Å². The van der Waals surface area contributed by atoms with E-state index in [2.05, 4.69) is 20.7 Å². The molecule has 7 nitrogen and oxygen atoms in total. The van der Waals surface area contributed by atoms with Gasteiger partial charge >= 0.3 is 6.03 Å². The van der Waals surface area contributed by atoms with Gasteiger partial charge in [-0.15, -0.1) is 0 Å². The lowest BCUT2D eigenvalue weighted by Crippen LogP contribution is -2.21. The predicted octanol–water partition coefficient (Wildman–Crippen LogP) is 5.32. The number of furan rings is 1. The molecule has 2 aromatic heterocycles. The van der Waals surface area contributed by atoms with Gasteiger partial charge in [-0.05, 0) is 29.8 Å². The monoisotopic (exact) mass is 405 g/mol. The van der Waals surface area contributed by atoms with E-state index in [4.69, 9.17) is 16.0 Å². The molecule has 0 atom stereocenters. The zero-order chi connectivity index (χ0) is 20.1. The number of hydrogen-bond acceptors (Lipinski definition) is 4. The largest absolute Gasteiger partial charge is 0.463 e. The molecule has 2 aromatic carbocycles. The number of hydrogen-bond donors (Lipinski definition) is 2. The van der Waals surface area contributed by atoms with Crippen LogP contribution in [0.1, 0.15) is 5.56 Å². The van der Waals surface area contributed by atoms with Crippen LogP contribution in [0.25, 0.3) is 11.5 Å². The fourth-order valence-electron chi connectivity index (χ4n) is 2.57. The highest BCUT2D eigenvalue weighted by Gasteiger charge is 2.14. The molecule has 144 valence electrons. The van der Waals surface area contributed by atoms with Crippen LogP contribution in [0.4, 0.5) is 16.4 Å². The van der Waals surface area contributed by atoms with Crippen LogP contribution in [0.3, 0.4) is 0 Å². The summed E-state index contributed by atoms with van der Waals surface area (Å²) < 4.78 is 6.86. The number of para-hydroxylation sites is 1. The van der Waals surface area contributed by atoms with E-state index < -0.39 is 6.03 Å². The number of aromatic nitrogens is 2. The van der Waals surface area contributed by atoms with Crippen molar-refractivity contribution in [1.82, 2.24) is 9.66 Å². The number of imidazole rings is 1. The van der Waals surface area contributed by atoms with Crippen molar-refractivity contribution in [2.75, 3.05) is 10.6 Å². The Hall–Kier alpha value is -3.84. The van der Waals surface area contributed by atoms with Crippen LogP contribution in [0.15, 0.2) is 88.7 Å². The molecule has 0 aliphatic rings. The highest BCUT2D eigenvalue weighted by molar-refractivity contribution is 6.33. The molecular formula is C21H16ClN5O2. The number of nitrogens with zero attached hydrogens (tertiary/aromatic N) is 3. The van der Waals surface area contributed by atoms with Gasteiger partial charge in [0.15, 0.2) is 5.76 Å². The lowest BCUT2D eigenvalue weighted by atomic mass is 10.2. The van der Waals surface area contributed by atoms with Crippen LogP contribution in [0.5, 0.6) is 0 Å². The Morgan fingerprint density at radius 1 is 1.03 bits per heavy atom. The summed E-state index contributed by atoms with van der Waals surface area (Å²) in [5.41, 5.74) is 1.93. The molecule has 0 saturated heterocycles. The summed E-state index contributed by atoms with van der Waals surface area (Å²) in [4.78, 5) is 16.9. The third kappa shape index (κ3) is 4.53. The quantitative estimate of drug-likeness (QED) is 0.440. The number of nitrogens with one attached hydrogen (secondary N) is 2. The summed E-state index contributed by atoms with van der Waals surface area (Å²) in [6.45, 7) is 0. The van der Waals surface area contributed by atoms with E-state index in [1.54, 1.807) is 55.1 Å². The molecule has 0 saturated carbocycles. The fraction of sp³-hybridized carbons (Fsp3) is 0. The minimum Gasteiger partial charge on any atom is -0.463 e. The van der Waals surface area contributed by atoms with Crippen LogP contribution < -0.4 is 10.6 Å². The second-order valence-electron chi connectivity index (χ2n) is 5.99. The summed E-state index contributed by atoms with van der Waals surface area (Å²) in [5.74, 6) is 0.793. The Labute approximate surface area is 171 Å². The Morgan fingerprint density at radius 2 is 1.83 bits per heavy atom. The predicted molar refractivity (Wildman–Crippen MR) is 113 cm³/mol. The zero-order valence-corrected chi connectivity index (χ0v) is 15.9. The zero-order valence-electron chi connectivity index (χ0n) is 15.1. The van der Waals surface area contributed by atoms with Gasteiger partial charge in [-0.3, -0.25) is 5.32 Å². The van der Waals surface area contributed by atoms with E-state index in [1.807, 2.05) is 30.3 Å². The molecule has 0 aliphatic carbocycles. The topological polar surface area (TPSA) is 84.5 Å². The molecule has 2 N–H and O–H groups in total. The number of carbonyl (C=O) groups excluding carboxylic acids is 1. The first-order valence-corrected chi connectivity index (χ1v) is 9.12. The highest BCUT2D eigenvalue weighted by Crippen LogP contribution is 2.23. The SMILES string of the molecule is O=C(Nc1ccccc1Cl)Nc1nc(-c2ccco2)cn1/N=C\c1ccccc1. The van der Waals surface area contributed by atoms with Crippen LogP contribution >= 0.6 is 11.6 Å². The third-order valence-electron chi connectivity index (χ3n) is 3.94. The smallest absolute Gasteiger partial charge is 0.326 e. The second kappa shape index (κ2) is 8.45. The third-order valence-corrected chi connectivity index (χ3v) is 4.27. The Morgan fingerprint density at radius 3 is 2.59 bits per heavy atom. The standard InChI is InChI=1S/C21H16ClN5O2/c22-16-9-4-5-10-17(16)25-21(28)26-20-24-18(19-11-6-12-29-19)14-27(20)23-13-15-7-2-1-3-8-15/h1-14H,(H2,24,25,26,28)/b23-13-. The van der Waals surface area contributed by atoms with Crippen LogP contribution in [0.2, 0.25) is 5.02 Å². The Balaban J connectivity index is 1.59. The molecule has 0 fully saturated rings. The van der Waals surface area contributed by atoms with Gasteiger partial charge in [0.25, 0.3) is 0 Å². The first-order chi connectivity index (χ1) is 14.2. The molecule has 4 aromatic rings. The lowest BCUT2D eigenvalue weighted by Gasteiger charge is -2.08. The molecule has 29 heavy (non-hydrogen) atoms. The van der Waals surface area contributed by atoms with E-state index in [0.717, 1.165) is 5.56 Å². The van der Waals surface area contributed by atoms with Gasteiger partial charge in [0, 0.05) is 0 Å². The first-order valence-electron chi connectivity index (χ1n) is 8.74. The van der Waals surface area contributed by atoms with Crippen molar-refractivity contribution in [3.63, 3.8) is 0 Å². The van der Waals surface area contributed by atoms with Gasteiger partial charge in [0.05, 0.1) is 29.4 Å². The molecular weight excluding hydrogens is 390 g/mol. The van der Waals surface area contributed by atoms with E-state index in [1.165, 1.54) is 4.68 Å². The number of amides is 2. The maximum atomic E-state index is 12.4. The average molecular weight is 406 g/mol. The number of anilines is 2. The fourth-order valence-corrected chi connectivity index (χ4v) is 2.76. The highest BCUT2D eigenvalue weighted by atomic mass is 35.5. The molecule has 8 heteroatoms. The molecule has 0 radical (unpaired) electrons. The van der Waals surface area contributed by atoms with Crippen molar-refractivity contribution in [3.8, 4) is 11.5 Å². The van der Waals surface area contributed by atoms with Gasteiger partial charge in [-0.2, -0.15) is 5.10 Å². The van der Waals surface area contributed by atoms with Gasteiger partial charge in [-0.25, -0.2) is 14.5 Å². The van der Waals surface area contributed by atoms with E-state index in [-0.39, 0.29) is 5.95 Å². The first kappa shape index (κ1) is 18.5. The summed E-state index contributed by atoms with van der Waals surface area (Å²) >= 11 is 6.09. The summed E-state index contributed by atoms with van der Waals surface area (Å²) in [6.07, 6.45) is 4.90. The molecule has 0 bridgehead atoms. The summed E-state index contributed by atoms with van der Waals surface area (Å²) in [7, 11) is 0. The number of benzene rings is 2. The average Bonchev–Trinajstić information content (AvgIpc) is 3.39. The van der Waals surface area contributed by atoms with Gasteiger partial charge in [0.2, 0.25) is 5.95 Å². The summed E-state index contributed by atoms with van der Waals surface area (Å²) in [5, 5.41) is 10.2. The maximum Gasteiger partial charge on any atom is 0.326 e. The molecule has 2 heterocycles. The van der Waals surface area contributed by atoms with E-state index in [9.17, 15) is 4.79 Å². The van der Waals surface area contributed by atoms with Crippen molar-refractivity contribution in [1.29, 1.82) is 0 Å². The van der Waals surface area contributed by atoms with Crippen molar-refractivity contribution in [3.05, 3.63) is 89.8 Å². The molecule has 0 spiro atoms. The second-order valence-corrected chi connectivity index (χ2v) is 6.39. The van der Waals surface area contributed by atoms with Gasteiger partial charge in [0.1, 0.15) is 5.69 Å². The van der Waals surface area contributed by atoms with Crippen molar-refractivity contribution < 1.29 is 9.21 Å². The van der Waals surface area contributed by atoms with Gasteiger partial charge in [-0.1, -0.05) is 54.1 Å². The van der Waals surface area contributed by atoms with Crippen LogP contribution in [0, 0.1) is 0 Å². The number of rotatable bonds is 5. The molecule has 0 unspecified atom stereocenters. The number of urea groups is 1.